The molecule has 1 aliphatic heterocycles. The lowest BCUT2D eigenvalue weighted by Gasteiger charge is -2.38. The summed E-state index contributed by atoms with van der Waals surface area (Å²) in [5.41, 5.74) is 1.82. The van der Waals surface area contributed by atoms with Crippen molar-refractivity contribution in [3.05, 3.63) is 41.0 Å². The Morgan fingerprint density at radius 3 is 2.33 bits per heavy atom. The van der Waals surface area contributed by atoms with E-state index in [1.54, 1.807) is 4.90 Å². The van der Waals surface area contributed by atoms with Crippen LogP contribution in [0, 0.1) is 11.3 Å². The van der Waals surface area contributed by atoms with E-state index in [0.29, 0.717) is 5.92 Å². The first-order valence-corrected chi connectivity index (χ1v) is 9.53. The van der Waals surface area contributed by atoms with Crippen LogP contribution in [-0.2, 0) is 14.3 Å². The summed E-state index contributed by atoms with van der Waals surface area (Å²) in [4.78, 5) is 26.4. The van der Waals surface area contributed by atoms with E-state index in [4.69, 9.17) is 4.74 Å². The van der Waals surface area contributed by atoms with Crippen molar-refractivity contribution in [1.29, 1.82) is 5.26 Å². The summed E-state index contributed by atoms with van der Waals surface area (Å²) < 4.78 is 5.12. The summed E-state index contributed by atoms with van der Waals surface area (Å²) >= 11 is 0. The molecule has 1 fully saturated rings. The molecule has 1 aromatic rings. The summed E-state index contributed by atoms with van der Waals surface area (Å²) in [6.07, 6.45) is 4.51. The van der Waals surface area contributed by atoms with Gasteiger partial charge in [-0.05, 0) is 56.2 Å². The van der Waals surface area contributed by atoms with Crippen LogP contribution in [0.25, 0.3) is 6.08 Å². The highest BCUT2D eigenvalue weighted by Gasteiger charge is 2.29. The summed E-state index contributed by atoms with van der Waals surface area (Å²) in [5, 5.41) is 9.28. The molecular weight excluding hydrogens is 340 g/mol. The highest BCUT2D eigenvalue weighted by Crippen LogP contribution is 2.22. The third kappa shape index (κ3) is 5.43. The number of likely N-dealkylation sites (tertiary alicyclic amines) is 1. The standard InChI is InChI=1S/C22H28N2O3/c1-15(2)19-10-8-18(9-11-19)12-20(13-23)22(26)27-14-21(25)24-16(3)6-5-7-17(24)4/h8-12,15-17H,5-7,14H2,1-4H3/b20-12+/t16-,17+. The first-order valence-electron chi connectivity index (χ1n) is 9.53. The van der Waals surface area contributed by atoms with Gasteiger partial charge in [-0.3, -0.25) is 4.79 Å². The zero-order chi connectivity index (χ0) is 20.0. The van der Waals surface area contributed by atoms with Crippen LogP contribution < -0.4 is 0 Å². The van der Waals surface area contributed by atoms with E-state index in [9.17, 15) is 14.9 Å². The summed E-state index contributed by atoms with van der Waals surface area (Å²) in [6.45, 7) is 7.89. The fourth-order valence-corrected chi connectivity index (χ4v) is 3.47. The van der Waals surface area contributed by atoms with Crippen LogP contribution in [-0.4, -0.2) is 35.5 Å². The second-order valence-electron chi connectivity index (χ2n) is 7.50. The van der Waals surface area contributed by atoms with Gasteiger partial charge < -0.3 is 9.64 Å². The van der Waals surface area contributed by atoms with Crippen LogP contribution >= 0.6 is 0 Å². The summed E-state index contributed by atoms with van der Waals surface area (Å²) in [6, 6.07) is 9.83. The highest BCUT2D eigenvalue weighted by molar-refractivity contribution is 5.98. The minimum absolute atomic E-state index is 0.111. The molecule has 0 spiro atoms. The molecular formula is C22H28N2O3. The molecule has 0 bridgehead atoms. The maximum atomic E-state index is 12.4. The number of ether oxygens (including phenoxy) is 1. The summed E-state index contributed by atoms with van der Waals surface area (Å²) in [7, 11) is 0. The molecule has 2 rings (SSSR count). The molecule has 0 aromatic heterocycles. The van der Waals surface area contributed by atoms with E-state index >= 15 is 0 Å². The highest BCUT2D eigenvalue weighted by atomic mass is 16.5. The number of rotatable bonds is 5. The van der Waals surface area contributed by atoms with Crippen LogP contribution in [0.2, 0.25) is 0 Å². The third-order valence-corrected chi connectivity index (χ3v) is 5.06. The summed E-state index contributed by atoms with van der Waals surface area (Å²) in [5.74, 6) is -0.563. The van der Waals surface area contributed by atoms with Gasteiger partial charge in [0.15, 0.2) is 6.61 Å². The van der Waals surface area contributed by atoms with Gasteiger partial charge in [0.05, 0.1) is 0 Å². The van der Waals surface area contributed by atoms with Gasteiger partial charge in [0, 0.05) is 12.1 Å². The molecule has 1 aromatic carbocycles. The van der Waals surface area contributed by atoms with Crippen molar-refractivity contribution < 1.29 is 14.3 Å². The molecule has 27 heavy (non-hydrogen) atoms. The topological polar surface area (TPSA) is 70.4 Å². The smallest absolute Gasteiger partial charge is 0.349 e. The normalized spacial score (nSPS) is 20.3. The molecule has 0 unspecified atom stereocenters. The number of benzene rings is 1. The Morgan fingerprint density at radius 1 is 1.22 bits per heavy atom. The number of nitriles is 1. The van der Waals surface area contributed by atoms with Crippen molar-refractivity contribution in [2.45, 2.75) is 65.0 Å². The van der Waals surface area contributed by atoms with E-state index in [0.717, 1.165) is 24.8 Å². The Labute approximate surface area is 161 Å². The van der Waals surface area contributed by atoms with Gasteiger partial charge in [-0.15, -0.1) is 0 Å². The number of piperidine rings is 1. The molecule has 1 amide bonds. The van der Waals surface area contributed by atoms with Crippen molar-refractivity contribution in [2.24, 2.45) is 0 Å². The zero-order valence-electron chi connectivity index (χ0n) is 16.6. The van der Waals surface area contributed by atoms with Crippen LogP contribution in [0.1, 0.15) is 64.0 Å². The third-order valence-electron chi connectivity index (χ3n) is 5.06. The number of hydrogen-bond donors (Lipinski definition) is 0. The SMILES string of the molecule is CC(C)c1ccc(/C=C(\C#N)C(=O)OCC(=O)N2[C@H](C)CCC[C@@H]2C)cc1. The van der Waals surface area contributed by atoms with E-state index in [1.807, 2.05) is 44.2 Å². The molecule has 0 aliphatic carbocycles. The number of esters is 1. The van der Waals surface area contributed by atoms with Crippen LogP contribution in [0.3, 0.4) is 0 Å². The van der Waals surface area contributed by atoms with Crippen LogP contribution in [0.5, 0.6) is 0 Å². The average molecular weight is 368 g/mol. The monoisotopic (exact) mass is 368 g/mol. The van der Waals surface area contributed by atoms with Gasteiger partial charge in [-0.25, -0.2) is 4.79 Å². The average Bonchev–Trinajstić information content (AvgIpc) is 2.64. The molecule has 5 heteroatoms. The van der Waals surface area contributed by atoms with Gasteiger partial charge in [-0.2, -0.15) is 5.26 Å². The van der Waals surface area contributed by atoms with E-state index < -0.39 is 5.97 Å². The predicted molar refractivity (Wildman–Crippen MR) is 105 cm³/mol. The van der Waals surface area contributed by atoms with Crippen molar-refractivity contribution >= 4 is 18.0 Å². The molecule has 5 nitrogen and oxygen atoms in total. The number of hydrogen-bond acceptors (Lipinski definition) is 4. The Bertz CT molecular complexity index is 734. The number of carbonyl (C=O) groups excluding carboxylic acids is 2. The maximum Gasteiger partial charge on any atom is 0.349 e. The van der Waals surface area contributed by atoms with Crippen molar-refractivity contribution in [1.82, 2.24) is 4.90 Å². The van der Waals surface area contributed by atoms with Crippen LogP contribution in [0.15, 0.2) is 29.8 Å². The second kappa shape index (κ2) is 9.36. The lowest BCUT2D eigenvalue weighted by Crippen LogP contribution is -2.49. The van der Waals surface area contributed by atoms with Crippen molar-refractivity contribution in [3.8, 4) is 6.07 Å². The Kier molecular flexibility index (Phi) is 7.18. The molecule has 2 atom stereocenters. The quantitative estimate of drug-likeness (QED) is 0.447. The maximum absolute atomic E-state index is 12.4. The van der Waals surface area contributed by atoms with E-state index in [2.05, 4.69) is 13.8 Å². The molecule has 0 radical (unpaired) electrons. The first kappa shape index (κ1) is 20.7. The van der Waals surface area contributed by atoms with E-state index in [-0.39, 0.29) is 30.2 Å². The van der Waals surface area contributed by atoms with Crippen LogP contribution in [0.4, 0.5) is 0 Å². The number of amides is 1. The lowest BCUT2D eigenvalue weighted by atomic mass is 9.97. The Morgan fingerprint density at radius 2 is 1.81 bits per heavy atom. The largest absolute Gasteiger partial charge is 0.451 e. The predicted octanol–water partition coefficient (Wildman–Crippen LogP) is 4.05. The number of carbonyl (C=O) groups is 2. The fraction of sp³-hybridized carbons (Fsp3) is 0.500. The lowest BCUT2D eigenvalue weighted by molar-refractivity contribution is -0.151. The second-order valence-corrected chi connectivity index (χ2v) is 7.50. The molecule has 1 heterocycles. The molecule has 1 aliphatic rings. The van der Waals surface area contributed by atoms with Gasteiger partial charge >= 0.3 is 5.97 Å². The van der Waals surface area contributed by atoms with Gasteiger partial charge in [0.1, 0.15) is 11.6 Å². The zero-order valence-corrected chi connectivity index (χ0v) is 16.6. The molecule has 1 saturated heterocycles. The Hall–Kier alpha value is -2.61. The minimum Gasteiger partial charge on any atom is -0.451 e. The fourth-order valence-electron chi connectivity index (χ4n) is 3.47. The van der Waals surface area contributed by atoms with E-state index in [1.165, 1.54) is 11.6 Å². The molecule has 144 valence electrons. The molecule has 0 N–H and O–H groups in total. The minimum atomic E-state index is -0.767. The number of nitrogens with zero attached hydrogens (tertiary/aromatic N) is 2. The van der Waals surface area contributed by atoms with Crippen molar-refractivity contribution in [2.75, 3.05) is 6.61 Å². The first-order chi connectivity index (χ1) is 12.8. The van der Waals surface area contributed by atoms with Gasteiger partial charge in [0.2, 0.25) is 0 Å². The van der Waals surface area contributed by atoms with Gasteiger partial charge in [0.25, 0.3) is 5.91 Å². The molecule has 0 saturated carbocycles. The van der Waals surface area contributed by atoms with Crippen molar-refractivity contribution in [3.63, 3.8) is 0 Å². The van der Waals surface area contributed by atoms with Gasteiger partial charge in [-0.1, -0.05) is 38.1 Å². The Balaban J connectivity index is 2.00.